The van der Waals surface area contributed by atoms with Gasteiger partial charge in [0, 0.05) is 19.3 Å². The normalized spacial score (nSPS) is 18.8. The van der Waals surface area contributed by atoms with Gasteiger partial charge in [0.1, 0.15) is 5.82 Å². The van der Waals surface area contributed by atoms with E-state index in [9.17, 15) is 14.0 Å². The molecule has 2 atom stereocenters. The molecule has 0 spiro atoms. The molecule has 0 radical (unpaired) electrons. The lowest BCUT2D eigenvalue weighted by Crippen LogP contribution is -2.29. The molecular formula is C19H19FN2O2. The second kappa shape index (κ2) is 6.83. The van der Waals surface area contributed by atoms with Crippen LogP contribution in [0, 0.1) is 17.7 Å². The number of rotatable bonds is 5. The first-order chi connectivity index (χ1) is 11.5. The Kier molecular flexibility index (Phi) is 4.60. The van der Waals surface area contributed by atoms with E-state index in [1.807, 2.05) is 30.3 Å². The summed E-state index contributed by atoms with van der Waals surface area (Å²) in [4.78, 5) is 26.2. The number of hydrogen-bond acceptors (Lipinski definition) is 2. The zero-order chi connectivity index (χ0) is 17.1. The first-order valence-electron chi connectivity index (χ1n) is 7.90. The molecule has 1 fully saturated rings. The predicted molar refractivity (Wildman–Crippen MR) is 89.5 cm³/mol. The minimum atomic E-state index is -0.404. The first kappa shape index (κ1) is 16.2. The van der Waals surface area contributed by atoms with E-state index in [1.54, 1.807) is 18.0 Å². The maximum atomic E-state index is 13.1. The fourth-order valence-electron chi connectivity index (χ4n) is 2.78. The Labute approximate surface area is 140 Å². The van der Waals surface area contributed by atoms with E-state index in [0.29, 0.717) is 18.7 Å². The maximum Gasteiger partial charge on any atom is 0.228 e. The van der Waals surface area contributed by atoms with Gasteiger partial charge in [0.2, 0.25) is 11.8 Å². The Balaban J connectivity index is 1.54. The summed E-state index contributed by atoms with van der Waals surface area (Å²) in [6.07, 6.45) is 0.541. The van der Waals surface area contributed by atoms with Gasteiger partial charge in [-0.3, -0.25) is 9.59 Å². The van der Waals surface area contributed by atoms with Crippen molar-refractivity contribution in [3.8, 4) is 0 Å². The van der Waals surface area contributed by atoms with Crippen molar-refractivity contribution in [2.45, 2.75) is 13.0 Å². The standard InChI is InChI=1S/C19H19FN2O2/c1-22(12-13-6-3-2-4-7-13)19(24)17-11-16(17)18(23)21-15-9-5-8-14(20)10-15/h2-10,16-17H,11-12H2,1H3,(H,21,23). The fourth-order valence-corrected chi connectivity index (χ4v) is 2.78. The quantitative estimate of drug-likeness (QED) is 0.918. The number of anilines is 1. The van der Waals surface area contributed by atoms with Crippen molar-refractivity contribution in [3.63, 3.8) is 0 Å². The number of hydrogen-bond donors (Lipinski definition) is 1. The third kappa shape index (κ3) is 3.79. The summed E-state index contributed by atoms with van der Waals surface area (Å²) < 4.78 is 13.1. The zero-order valence-electron chi connectivity index (χ0n) is 13.4. The molecule has 0 aromatic heterocycles. The van der Waals surface area contributed by atoms with Crippen LogP contribution in [0.5, 0.6) is 0 Å². The number of carbonyl (C=O) groups is 2. The average Bonchev–Trinajstić information content (AvgIpc) is 3.36. The molecule has 0 bridgehead atoms. The molecule has 24 heavy (non-hydrogen) atoms. The summed E-state index contributed by atoms with van der Waals surface area (Å²) in [5, 5.41) is 2.67. The highest BCUT2D eigenvalue weighted by molar-refractivity contribution is 5.99. The lowest BCUT2D eigenvalue weighted by molar-refractivity contribution is -0.133. The lowest BCUT2D eigenvalue weighted by atomic mass is 10.2. The minimum Gasteiger partial charge on any atom is -0.341 e. The highest BCUT2D eigenvalue weighted by Crippen LogP contribution is 2.40. The van der Waals surface area contributed by atoms with Crippen molar-refractivity contribution >= 4 is 17.5 Å². The topological polar surface area (TPSA) is 49.4 Å². The molecule has 2 unspecified atom stereocenters. The second-order valence-corrected chi connectivity index (χ2v) is 6.13. The van der Waals surface area contributed by atoms with Gasteiger partial charge in [0.25, 0.3) is 0 Å². The van der Waals surface area contributed by atoms with Gasteiger partial charge in [-0.05, 0) is 30.2 Å². The predicted octanol–water partition coefficient (Wildman–Crippen LogP) is 3.06. The van der Waals surface area contributed by atoms with Crippen LogP contribution in [0.1, 0.15) is 12.0 Å². The number of nitrogens with one attached hydrogen (secondary N) is 1. The minimum absolute atomic E-state index is 0.0294. The van der Waals surface area contributed by atoms with Crippen molar-refractivity contribution in [2.24, 2.45) is 11.8 Å². The van der Waals surface area contributed by atoms with Gasteiger partial charge in [0.05, 0.1) is 11.8 Å². The summed E-state index contributed by atoms with van der Waals surface area (Å²) in [7, 11) is 1.75. The Hall–Kier alpha value is -2.69. The Morgan fingerprint density at radius 1 is 1.12 bits per heavy atom. The number of halogens is 1. The van der Waals surface area contributed by atoms with Gasteiger partial charge in [-0.2, -0.15) is 0 Å². The SMILES string of the molecule is CN(Cc1ccccc1)C(=O)C1CC1C(=O)Nc1cccc(F)c1. The molecule has 124 valence electrons. The van der Waals surface area contributed by atoms with E-state index in [2.05, 4.69) is 5.32 Å². The van der Waals surface area contributed by atoms with Gasteiger partial charge in [-0.1, -0.05) is 36.4 Å². The van der Waals surface area contributed by atoms with Crippen LogP contribution >= 0.6 is 0 Å². The van der Waals surface area contributed by atoms with E-state index in [1.165, 1.54) is 18.2 Å². The summed E-state index contributed by atoms with van der Waals surface area (Å²) in [6.45, 7) is 0.522. The maximum absolute atomic E-state index is 13.1. The van der Waals surface area contributed by atoms with Gasteiger partial charge >= 0.3 is 0 Å². The van der Waals surface area contributed by atoms with Gasteiger partial charge < -0.3 is 10.2 Å². The smallest absolute Gasteiger partial charge is 0.228 e. The van der Waals surface area contributed by atoms with Crippen LogP contribution in [-0.2, 0) is 16.1 Å². The van der Waals surface area contributed by atoms with E-state index >= 15 is 0 Å². The van der Waals surface area contributed by atoms with Crippen LogP contribution in [0.25, 0.3) is 0 Å². The summed E-state index contributed by atoms with van der Waals surface area (Å²) >= 11 is 0. The monoisotopic (exact) mass is 326 g/mol. The molecule has 0 aliphatic heterocycles. The van der Waals surface area contributed by atoms with E-state index < -0.39 is 5.82 Å². The van der Waals surface area contributed by atoms with Crippen molar-refractivity contribution in [2.75, 3.05) is 12.4 Å². The molecular weight excluding hydrogens is 307 g/mol. The summed E-state index contributed by atoms with van der Waals surface area (Å²) in [6, 6.07) is 15.5. The molecule has 5 heteroatoms. The molecule has 2 amide bonds. The number of amides is 2. The number of nitrogens with zero attached hydrogens (tertiary/aromatic N) is 1. The summed E-state index contributed by atoms with van der Waals surface area (Å²) in [5.41, 5.74) is 1.46. The molecule has 1 saturated carbocycles. The van der Waals surface area contributed by atoms with Crippen LogP contribution in [0.4, 0.5) is 10.1 Å². The molecule has 1 aliphatic rings. The van der Waals surface area contributed by atoms with Gasteiger partial charge in [-0.15, -0.1) is 0 Å². The van der Waals surface area contributed by atoms with Crippen molar-refractivity contribution in [1.82, 2.24) is 4.90 Å². The lowest BCUT2D eigenvalue weighted by Gasteiger charge is -2.17. The first-order valence-corrected chi connectivity index (χ1v) is 7.90. The third-order valence-corrected chi connectivity index (χ3v) is 4.18. The van der Waals surface area contributed by atoms with E-state index in [-0.39, 0.29) is 23.7 Å². The molecule has 4 nitrogen and oxygen atoms in total. The third-order valence-electron chi connectivity index (χ3n) is 4.18. The Bertz CT molecular complexity index is 748. The van der Waals surface area contributed by atoms with E-state index in [4.69, 9.17) is 0 Å². The molecule has 1 aliphatic carbocycles. The Morgan fingerprint density at radius 3 is 2.58 bits per heavy atom. The molecule has 2 aromatic rings. The molecule has 2 aromatic carbocycles. The van der Waals surface area contributed by atoms with Crippen LogP contribution in [0.2, 0.25) is 0 Å². The highest BCUT2D eigenvalue weighted by Gasteiger charge is 2.49. The largest absolute Gasteiger partial charge is 0.341 e. The molecule has 0 saturated heterocycles. The fraction of sp³-hybridized carbons (Fsp3) is 0.263. The van der Waals surface area contributed by atoms with Crippen LogP contribution in [0.15, 0.2) is 54.6 Å². The summed E-state index contributed by atoms with van der Waals surface area (Å²) in [5.74, 6) is -1.28. The van der Waals surface area contributed by atoms with Crippen molar-refractivity contribution in [3.05, 3.63) is 66.0 Å². The zero-order valence-corrected chi connectivity index (χ0v) is 13.4. The molecule has 0 heterocycles. The second-order valence-electron chi connectivity index (χ2n) is 6.13. The van der Waals surface area contributed by atoms with Crippen LogP contribution in [-0.4, -0.2) is 23.8 Å². The van der Waals surface area contributed by atoms with Crippen molar-refractivity contribution in [1.29, 1.82) is 0 Å². The van der Waals surface area contributed by atoms with Crippen LogP contribution < -0.4 is 5.32 Å². The van der Waals surface area contributed by atoms with Gasteiger partial charge in [0.15, 0.2) is 0 Å². The molecule has 3 rings (SSSR count). The highest BCUT2D eigenvalue weighted by atomic mass is 19.1. The van der Waals surface area contributed by atoms with E-state index in [0.717, 1.165) is 5.56 Å². The number of benzene rings is 2. The van der Waals surface area contributed by atoms with Crippen LogP contribution in [0.3, 0.4) is 0 Å². The number of carbonyl (C=O) groups excluding carboxylic acids is 2. The average molecular weight is 326 g/mol. The van der Waals surface area contributed by atoms with Crippen molar-refractivity contribution < 1.29 is 14.0 Å². The Morgan fingerprint density at radius 2 is 1.88 bits per heavy atom. The molecule has 1 N–H and O–H groups in total. The van der Waals surface area contributed by atoms with Gasteiger partial charge in [-0.25, -0.2) is 4.39 Å².